The van der Waals surface area contributed by atoms with Gasteiger partial charge in [-0.1, -0.05) is 0 Å². The number of ketones is 1. The number of esters is 1. The first-order valence-electron chi connectivity index (χ1n) is 4.41. The van der Waals surface area contributed by atoms with E-state index in [1.54, 1.807) is 0 Å². The number of rotatable bonds is 4. The number of hydrogen-bond acceptors (Lipinski definition) is 5. The average Bonchev–Trinajstić information content (AvgIpc) is 2.56. The molecule has 0 amide bonds. The second-order valence-corrected chi connectivity index (χ2v) is 3.30. The lowest BCUT2D eigenvalue weighted by Crippen LogP contribution is -2.37. The van der Waals surface area contributed by atoms with E-state index >= 15 is 0 Å². The average molecular weight is 212 g/mol. The van der Waals surface area contributed by atoms with Crippen LogP contribution in [0.1, 0.15) is 12.8 Å². The third-order valence-corrected chi connectivity index (χ3v) is 2.51. The molecule has 0 heterocycles. The molecule has 0 N–H and O–H groups in total. The highest BCUT2D eigenvalue weighted by Crippen LogP contribution is 2.38. The third kappa shape index (κ3) is 1.77. The van der Waals surface area contributed by atoms with Crippen LogP contribution in [0, 0.1) is 5.41 Å². The molecular formula is C10H12O5. The summed E-state index contributed by atoms with van der Waals surface area (Å²) >= 11 is 0. The molecule has 0 bridgehead atoms. The van der Waals surface area contributed by atoms with Gasteiger partial charge in [-0.15, -0.1) is 0 Å². The van der Waals surface area contributed by atoms with E-state index in [4.69, 9.17) is 4.74 Å². The summed E-state index contributed by atoms with van der Waals surface area (Å²) in [6.45, 7) is 0. The van der Waals surface area contributed by atoms with Gasteiger partial charge in [0.1, 0.15) is 17.5 Å². The molecule has 1 atom stereocenters. The van der Waals surface area contributed by atoms with Crippen LogP contribution in [0.3, 0.4) is 0 Å². The van der Waals surface area contributed by atoms with Gasteiger partial charge in [-0.05, 0) is 0 Å². The molecule has 1 rings (SSSR count). The number of carbonyl (C=O) groups excluding carboxylic acids is 3. The molecule has 0 fully saturated rings. The van der Waals surface area contributed by atoms with Gasteiger partial charge in [0.15, 0.2) is 5.78 Å². The summed E-state index contributed by atoms with van der Waals surface area (Å²) in [5, 5.41) is 0. The highest BCUT2D eigenvalue weighted by Gasteiger charge is 2.50. The Morgan fingerprint density at radius 1 is 1.60 bits per heavy atom. The smallest absolute Gasteiger partial charge is 0.320 e. The first-order valence-corrected chi connectivity index (χ1v) is 4.41. The van der Waals surface area contributed by atoms with Crippen LogP contribution < -0.4 is 0 Å². The maximum absolute atomic E-state index is 11.6. The Morgan fingerprint density at radius 3 is 2.67 bits per heavy atom. The summed E-state index contributed by atoms with van der Waals surface area (Å²) in [7, 11) is 2.60. The summed E-state index contributed by atoms with van der Waals surface area (Å²) in [5.41, 5.74) is -1.40. The molecule has 0 aromatic carbocycles. The monoisotopic (exact) mass is 212 g/mol. The van der Waals surface area contributed by atoms with Gasteiger partial charge in [0.25, 0.3) is 0 Å². The molecule has 82 valence electrons. The van der Waals surface area contributed by atoms with E-state index in [-0.39, 0.29) is 12.8 Å². The van der Waals surface area contributed by atoms with Crippen molar-refractivity contribution in [1.82, 2.24) is 0 Å². The normalized spacial score (nSPS) is 24.7. The van der Waals surface area contributed by atoms with Crippen molar-refractivity contribution in [2.75, 3.05) is 14.2 Å². The lowest BCUT2D eigenvalue weighted by atomic mass is 9.81. The van der Waals surface area contributed by atoms with E-state index in [1.807, 2.05) is 0 Å². The van der Waals surface area contributed by atoms with Crippen LogP contribution in [0.4, 0.5) is 0 Å². The van der Waals surface area contributed by atoms with Crippen LogP contribution in [-0.4, -0.2) is 32.3 Å². The number of methoxy groups -OCH3 is 2. The SMILES string of the molecule is COC(=O)C1(CC=O)CC(OC)=CC1=O. The summed E-state index contributed by atoms with van der Waals surface area (Å²) in [6.07, 6.45) is 1.69. The molecule has 0 saturated carbocycles. The van der Waals surface area contributed by atoms with E-state index in [2.05, 4.69) is 4.74 Å². The Morgan fingerprint density at radius 2 is 2.27 bits per heavy atom. The van der Waals surface area contributed by atoms with Crippen molar-refractivity contribution in [3.63, 3.8) is 0 Å². The second kappa shape index (κ2) is 4.25. The van der Waals surface area contributed by atoms with Crippen LogP contribution in [0.2, 0.25) is 0 Å². The molecule has 0 aromatic heterocycles. The fraction of sp³-hybridized carbons (Fsp3) is 0.500. The Kier molecular flexibility index (Phi) is 3.24. The second-order valence-electron chi connectivity index (χ2n) is 3.30. The van der Waals surface area contributed by atoms with Crippen molar-refractivity contribution in [2.45, 2.75) is 12.8 Å². The summed E-state index contributed by atoms with van der Waals surface area (Å²) in [4.78, 5) is 33.6. The maximum Gasteiger partial charge on any atom is 0.320 e. The van der Waals surface area contributed by atoms with Gasteiger partial charge >= 0.3 is 5.97 Å². The Labute approximate surface area is 87.0 Å². The van der Waals surface area contributed by atoms with Crippen LogP contribution in [-0.2, 0) is 23.9 Å². The fourth-order valence-corrected chi connectivity index (χ4v) is 1.62. The van der Waals surface area contributed by atoms with Crippen LogP contribution in [0.25, 0.3) is 0 Å². The zero-order valence-electron chi connectivity index (χ0n) is 8.61. The van der Waals surface area contributed by atoms with Crippen molar-refractivity contribution in [3.8, 4) is 0 Å². The fourth-order valence-electron chi connectivity index (χ4n) is 1.62. The van der Waals surface area contributed by atoms with E-state index in [0.29, 0.717) is 12.0 Å². The number of ether oxygens (including phenoxy) is 2. The molecule has 15 heavy (non-hydrogen) atoms. The first-order chi connectivity index (χ1) is 7.10. The predicted octanol–water partition coefficient (Wildman–Crippen LogP) is 0.238. The van der Waals surface area contributed by atoms with Crippen molar-refractivity contribution < 1.29 is 23.9 Å². The van der Waals surface area contributed by atoms with Crippen molar-refractivity contribution in [3.05, 3.63) is 11.8 Å². The largest absolute Gasteiger partial charge is 0.501 e. The molecule has 0 spiro atoms. The van der Waals surface area contributed by atoms with E-state index < -0.39 is 17.2 Å². The van der Waals surface area contributed by atoms with Gasteiger partial charge in [-0.25, -0.2) is 0 Å². The Hall–Kier alpha value is -1.65. The number of allylic oxidation sites excluding steroid dienone is 2. The van der Waals surface area contributed by atoms with Gasteiger partial charge in [-0.3, -0.25) is 9.59 Å². The molecule has 5 heteroatoms. The van der Waals surface area contributed by atoms with Crippen LogP contribution >= 0.6 is 0 Å². The minimum atomic E-state index is -1.40. The number of aldehydes is 1. The Balaban J connectivity index is 3.01. The van der Waals surface area contributed by atoms with Gasteiger partial charge in [0.05, 0.1) is 14.2 Å². The molecule has 0 aromatic rings. The Bertz CT molecular complexity index is 331. The van der Waals surface area contributed by atoms with Gasteiger partial charge in [0.2, 0.25) is 0 Å². The topological polar surface area (TPSA) is 69.7 Å². The lowest BCUT2D eigenvalue weighted by molar-refractivity contribution is -0.157. The third-order valence-electron chi connectivity index (χ3n) is 2.51. The number of carbonyl (C=O) groups is 3. The van der Waals surface area contributed by atoms with Crippen LogP contribution in [0.5, 0.6) is 0 Å². The van der Waals surface area contributed by atoms with Crippen molar-refractivity contribution in [2.24, 2.45) is 5.41 Å². The molecule has 5 nitrogen and oxygen atoms in total. The van der Waals surface area contributed by atoms with Gasteiger partial charge < -0.3 is 14.3 Å². The quantitative estimate of drug-likeness (QED) is 0.379. The molecule has 0 radical (unpaired) electrons. The zero-order chi connectivity index (χ0) is 11.5. The van der Waals surface area contributed by atoms with E-state index in [0.717, 1.165) is 0 Å². The van der Waals surface area contributed by atoms with Crippen molar-refractivity contribution in [1.29, 1.82) is 0 Å². The lowest BCUT2D eigenvalue weighted by Gasteiger charge is -2.21. The molecule has 0 saturated heterocycles. The van der Waals surface area contributed by atoms with Gasteiger partial charge in [-0.2, -0.15) is 0 Å². The summed E-state index contributed by atoms with van der Waals surface area (Å²) in [6, 6.07) is 0. The first kappa shape index (κ1) is 11.4. The van der Waals surface area contributed by atoms with E-state index in [1.165, 1.54) is 20.3 Å². The predicted molar refractivity (Wildman–Crippen MR) is 49.8 cm³/mol. The minimum Gasteiger partial charge on any atom is -0.501 e. The summed E-state index contributed by atoms with van der Waals surface area (Å²) in [5.74, 6) is -0.728. The molecular weight excluding hydrogens is 200 g/mol. The number of hydrogen-bond donors (Lipinski definition) is 0. The van der Waals surface area contributed by atoms with Gasteiger partial charge in [0, 0.05) is 18.9 Å². The van der Waals surface area contributed by atoms with Crippen LogP contribution in [0.15, 0.2) is 11.8 Å². The maximum atomic E-state index is 11.6. The molecule has 1 aliphatic carbocycles. The van der Waals surface area contributed by atoms with E-state index in [9.17, 15) is 14.4 Å². The highest BCUT2D eigenvalue weighted by atomic mass is 16.5. The standard InChI is InChI=1S/C10H12O5/c1-14-7-5-8(12)10(6-7,3-4-11)9(13)15-2/h4-5H,3,6H2,1-2H3. The highest BCUT2D eigenvalue weighted by molar-refractivity contribution is 6.12. The molecule has 0 aliphatic heterocycles. The molecule has 1 aliphatic rings. The minimum absolute atomic E-state index is 0.0910. The molecule has 1 unspecified atom stereocenters. The zero-order valence-corrected chi connectivity index (χ0v) is 8.61. The summed E-state index contributed by atoms with van der Waals surface area (Å²) < 4.78 is 9.44. The van der Waals surface area contributed by atoms with Crippen molar-refractivity contribution >= 4 is 18.0 Å².